The highest BCUT2D eigenvalue weighted by Crippen LogP contribution is 2.47. The van der Waals surface area contributed by atoms with Gasteiger partial charge in [0, 0.05) is 37.7 Å². The van der Waals surface area contributed by atoms with Gasteiger partial charge in [-0.05, 0) is 31.4 Å². The number of carbonyl (C=O) groups is 2. The van der Waals surface area contributed by atoms with Gasteiger partial charge in [0.2, 0.25) is 0 Å². The zero-order valence-corrected chi connectivity index (χ0v) is 13.3. The fourth-order valence-corrected chi connectivity index (χ4v) is 3.64. The summed E-state index contributed by atoms with van der Waals surface area (Å²) in [7, 11) is 0. The van der Waals surface area contributed by atoms with Crippen molar-refractivity contribution in [3.63, 3.8) is 0 Å². The molecule has 1 aliphatic carbocycles. The Morgan fingerprint density at radius 1 is 1.21 bits per heavy atom. The number of carboxylic acids is 1. The number of likely N-dealkylation sites (tertiary alicyclic amines) is 1. The lowest BCUT2D eigenvalue weighted by Crippen LogP contribution is -2.34. The Kier molecular flexibility index (Phi) is 3.51. The van der Waals surface area contributed by atoms with Crippen LogP contribution in [0.1, 0.15) is 32.1 Å². The lowest BCUT2D eigenvalue weighted by molar-refractivity contribution is -0.141. The molecular weight excluding hydrogens is 312 g/mol. The number of ether oxygens (including phenoxy) is 2. The lowest BCUT2D eigenvalue weighted by atomic mass is 10.1. The Morgan fingerprint density at radius 3 is 2.67 bits per heavy atom. The molecule has 1 saturated carbocycles. The molecule has 2 fully saturated rings. The topological polar surface area (TPSA) is 88.1 Å². The van der Waals surface area contributed by atoms with Crippen molar-refractivity contribution in [3.8, 4) is 11.5 Å². The molecular formula is C17H20N2O5. The van der Waals surface area contributed by atoms with Gasteiger partial charge in [-0.25, -0.2) is 4.79 Å². The van der Waals surface area contributed by atoms with Crippen molar-refractivity contribution in [1.82, 2.24) is 4.90 Å². The molecule has 1 spiro atoms. The molecule has 24 heavy (non-hydrogen) atoms. The molecule has 1 aromatic rings. The van der Waals surface area contributed by atoms with Gasteiger partial charge in [-0.15, -0.1) is 0 Å². The summed E-state index contributed by atoms with van der Waals surface area (Å²) >= 11 is 0. The molecule has 7 nitrogen and oxygen atoms in total. The predicted molar refractivity (Wildman–Crippen MR) is 85.2 cm³/mol. The second-order valence-corrected chi connectivity index (χ2v) is 6.68. The van der Waals surface area contributed by atoms with E-state index < -0.39 is 17.7 Å². The molecule has 0 aromatic heterocycles. The van der Waals surface area contributed by atoms with Crippen molar-refractivity contribution in [1.29, 1.82) is 0 Å². The summed E-state index contributed by atoms with van der Waals surface area (Å²) in [5.74, 6) is -0.485. The maximum absolute atomic E-state index is 12.3. The predicted octanol–water partition coefficient (Wildman–Crippen LogP) is 2.67. The Morgan fingerprint density at radius 2 is 1.96 bits per heavy atom. The van der Waals surface area contributed by atoms with Gasteiger partial charge < -0.3 is 24.8 Å². The van der Waals surface area contributed by atoms with Crippen molar-refractivity contribution < 1.29 is 24.2 Å². The summed E-state index contributed by atoms with van der Waals surface area (Å²) in [6, 6.07) is 5.07. The number of benzene rings is 1. The number of amides is 2. The highest BCUT2D eigenvalue weighted by atomic mass is 16.7. The van der Waals surface area contributed by atoms with Crippen LogP contribution in [0.25, 0.3) is 0 Å². The molecule has 2 N–H and O–H groups in total. The molecule has 3 aliphatic rings. The summed E-state index contributed by atoms with van der Waals surface area (Å²) in [5, 5.41) is 11.8. The van der Waals surface area contributed by atoms with Crippen molar-refractivity contribution in [2.45, 2.75) is 37.9 Å². The Labute approximate surface area is 139 Å². The van der Waals surface area contributed by atoms with E-state index in [2.05, 4.69) is 5.32 Å². The van der Waals surface area contributed by atoms with Crippen LogP contribution < -0.4 is 14.8 Å². The van der Waals surface area contributed by atoms with E-state index in [1.165, 1.54) is 4.90 Å². The van der Waals surface area contributed by atoms with Gasteiger partial charge in [0.15, 0.2) is 11.5 Å². The number of hydrogen-bond acceptors (Lipinski definition) is 4. The van der Waals surface area contributed by atoms with Crippen LogP contribution in [0.2, 0.25) is 0 Å². The fourth-order valence-electron chi connectivity index (χ4n) is 3.64. The Hall–Kier alpha value is -2.44. The number of anilines is 1. The minimum atomic E-state index is -0.852. The number of carbonyl (C=O) groups excluding carboxylic acids is 1. The molecule has 1 unspecified atom stereocenters. The molecule has 0 radical (unpaired) electrons. The standard InChI is InChI=1S/C17H20N2O5/c20-15(21)11-5-8-19(10-11)16(22)18-12-3-4-13-14(9-12)24-17(23-13)6-1-2-7-17/h3-4,9,11H,1-2,5-8,10H2,(H,18,22)(H,20,21). The maximum Gasteiger partial charge on any atom is 0.321 e. The van der Waals surface area contributed by atoms with Gasteiger partial charge >= 0.3 is 12.0 Å². The number of hydrogen-bond donors (Lipinski definition) is 2. The summed E-state index contributed by atoms with van der Waals surface area (Å²) in [6.45, 7) is 0.700. The normalized spacial score (nSPS) is 23.7. The highest BCUT2D eigenvalue weighted by molar-refractivity contribution is 5.90. The molecule has 2 amide bonds. The SMILES string of the molecule is O=C(O)C1CCN(C(=O)Nc2ccc3c(c2)OC2(CCCC2)O3)C1. The molecule has 2 aliphatic heterocycles. The van der Waals surface area contributed by atoms with Gasteiger partial charge in [0.05, 0.1) is 5.92 Å². The van der Waals surface area contributed by atoms with E-state index >= 15 is 0 Å². The van der Waals surface area contributed by atoms with Crippen molar-refractivity contribution in [2.24, 2.45) is 5.92 Å². The third-order valence-corrected chi connectivity index (χ3v) is 4.98. The molecule has 1 saturated heterocycles. The van der Waals surface area contributed by atoms with Crippen LogP contribution in [0.5, 0.6) is 11.5 Å². The van der Waals surface area contributed by atoms with E-state index in [0.717, 1.165) is 25.7 Å². The van der Waals surface area contributed by atoms with Crippen LogP contribution in [0.4, 0.5) is 10.5 Å². The van der Waals surface area contributed by atoms with Crippen LogP contribution >= 0.6 is 0 Å². The summed E-state index contributed by atoms with van der Waals surface area (Å²) in [5.41, 5.74) is 0.621. The number of nitrogens with one attached hydrogen (secondary N) is 1. The first-order chi connectivity index (χ1) is 11.5. The number of rotatable bonds is 2. The number of urea groups is 1. The van der Waals surface area contributed by atoms with Gasteiger partial charge in [-0.2, -0.15) is 0 Å². The first-order valence-corrected chi connectivity index (χ1v) is 8.35. The van der Waals surface area contributed by atoms with Crippen molar-refractivity contribution in [3.05, 3.63) is 18.2 Å². The molecule has 4 rings (SSSR count). The average Bonchev–Trinajstić information content (AvgIpc) is 3.26. The molecule has 2 heterocycles. The number of aliphatic carboxylic acids is 1. The third-order valence-electron chi connectivity index (χ3n) is 4.98. The second-order valence-electron chi connectivity index (χ2n) is 6.68. The van der Waals surface area contributed by atoms with Crippen LogP contribution in [0, 0.1) is 5.92 Å². The number of fused-ring (bicyclic) bond motifs is 1. The smallest absolute Gasteiger partial charge is 0.321 e. The van der Waals surface area contributed by atoms with E-state index in [-0.39, 0.29) is 12.6 Å². The first-order valence-electron chi connectivity index (χ1n) is 8.35. The molecule has 0 bridgehead atoms. The minimum absolute atomic E-state index is 0.245. The average molecular weight is 332 g/mol. The Balaban J connectivity index is 1.42. The van der Waals surface area contributed by atoms with Crippen LogP contribution in [0.3, 0.4) is 0 Å². The quantitative estimate of drug-likeness (QED) is 0.869. The molecule has 1 atom stereocenters. The van der Waals surface area contributed by atoms with Crippen LogP contribution in [0.15, 0.2) is 18.2 Å². The minimum Gasteiger partial charge on any atom is -0.481 e. The largest absolute Gasteiger partial charge is 0.481 e. The number of carboxylic acid groups (broad SMARTS) is 1. The highest BCUT2D eigenvalue weighted by Gasteiger charge is 2.44. The molecule has 7 heteroatoms. The van der Waals surface area contributed by atoms with E-state index in [1.807, 2.05) is 6.07 Å². The van der Waals surface area contributed by atoms with Crippen molar-refractivity contribution >= 4 is 17.7 Å². The summed E-state index contributed by atoms with van der Waals surface area (Å²) < 4.78 is 11.9. The van der Waals surface area contributed by atoms with Gasteiger partial charge in [0.1, 0.15) is 0 Å². The van der Waals surface area contributed by atoms with Gasteiger partial charge in [-0.1, -0.05) is 0 Å². The van der Waals surface area contributed by atoms with Crippen LogP contribution in [-0.2, 0) is 4.79 Å². The molecule has 128 valence electrons. The zero-order valence-electron chi connectivity index (χ0n) is 13.3. The lowest BCUT2D eigenvalue weighted by Gasteiger charge is -2.21. The monoisotopic (exact) mass is 332 g/mol. The van der Waals surface area contributed by atoms with Gasteiger partial charge in [-0.3, -0.25) is 4.79 Å². The summed E-state index contributed by atoms with van der Waals surface area (Å²) in [6.07, 6.45) is 4.45. The Bertz CT molecular complexity index is 684. The molecule has 1 aromatic carbocycles. The van der Waals surface area contributed by atoms with E-state index in [9.17, 15) is 9.59 Å². The third kappa shape index (κ3) is 2.64. The fraction of sp³-hybridized carbons (Fsp3) is 0.529. The zero-order chi connectivity index (χ0) is 16.7. The van der Waals surface area contributed by atoms with E-state index in [0.29, 0.717) is 30.2 Å². The maximum atomic E-state index is 12.3. The number of nitrogens with zero attached hydrogens (tertiary/aromatic N) is 1. The van der Waals surface area contributed by atoms with Crippen LogP contribution in [-0.4, -0.2) is 40.9 Å². The second kappa shape index (κ2) is 5.58. The first kappa shape index (κ1) is 15.1. The van der Waals surface area contributed by atoms with E-state index in [1.54, 1.807) is 12.1 Å². The van der Waals surface area contributed by atoms with Gasteiger partial charge in [0.25, 0.3) is 5.79 Å². The van der Waals surface area contributed by atoms with Crippen molar-refractivity contribution in [2.75, 3.05) is 18.4 Å². The summed E-state index contributed by atoms with van der Waals surface area (Å²) in [4.78, 5) is 24.8. The van der Waals surface area contributed by atoms with E-state index in [4.69, 9.17) is 14.6 Å².